The highest BCUT2D eigenvalue weighted by atomic mass is 16.5. The van der Waals surface area contributed by atoms with Gasteiger partial charge in [-0.3, -0.25) is 9.59 Å². The van der Waals surface area contributed by atoms with Gasteiger partial charge < -0.3 is 24.2 Å². The molecule has 1 aromatic carbocycles. The summed E-state index contributed by atoms with van der Waals surface area (Å²) < 4.78 is 15.4. The van der Waals surface area contributed by atoms with Gasteiger partial charge in [-0.1, -0.05) is 0 Å². The fraction of sp³-hybridized carbons (Fsp3) is 0.0526. The number of furan rings is 2. The third-order valence-corrected chi connectivity index (χ3v) is 3.40. The van der Waals surface area contributed by atoms with Gasteiger partial charge in [0.15, 0.2) is 5.76 Å². The van der Waals surface area contributed by atoms with E-state index in [9.17, 15) is 9.59 Å². The molecule has 0 saturated heterocycles. The molecule has 0 bridgehead atoms. The monoisotopic (exact) mass is 352 g/mol. The number of amides is 2. The second-order valence-electron chi connectivity index (χ2n) is 5.18. The predicted molar refractivity (Wildman–Crippen MR) is 96.0 cm³/mol. The van der Waals surface area contributed by atoms with Crippen LogP contribution in [0.2, 0.25) is 0 Å². The Morgan fingerprint density at radius 3 is 2.54 bits per heavy atom. The van der Waals surface area contributed by atoms with Crippen molar-refractivity contribution in [2.75, 3.05) is 17.7 Å². The summed E-state index contributed by atoms with van der Waals surface area (Å²) in [5.41, 5.74) is 0.977. The number of methoxy groups -OCH3 is 1. The molecular formula is C19H16N2O5. The Balaban J connectivity index is 1.68. The second kappa shape index (κ2) is 7.89. The summed E-state index contributed by atoms with van der Waals surface area (Å²) in [7, 11) is 1.47. The Hall–Kier alpha value is -3.74. The Labute approximate surface area is 149 Å². The number of ether oxygens (including phenoxy) is 1. The van der Waals surface area contributed by atoms with Crippen molar-refractivity contribution in [3.63, 3.8) is 0 Å². The topological polar surface area (TPSA) is 93.7 Å². The van der Waals surface area contributed by atoms with Crippen LogP contribution in [0.3, 0.4) is 0 Å². The molecule has 3 rings (SSSR count). The lowest BCUT2D eigenvalue weighted by molar-refractivity contribution is -0.111. The van der Waals surface area contributed by atoms with E-state index in [1.165, 1.54) is 25.7 Å². The normalized spacial score (nSPS) is 10.7. The average Bonchev–Trinajstić information content (AvgIpc) is 3.35. The van der Waals surface area contributed by atoms with E-state index in [0.29, 0.717) is 22.9 Å². The number of hydrogen-bond donors (Lipinski definition) is 2. The molecule has 2 heterocycles. The minimum absolute atomic E-state index is 0.187. The van der Waals surface area contributed by atoms with Crippen molar-refractivity contribution in [1.82, 2.24) is 0 Å². The summed E-state index contributed by atoms with van der Waals surface area (Å²) in [5.74, 6) is 0.446. The van der Waals surface area contributed by atoms with Crippen LogP contribution in [0.15, 0.2) is 69.9 Å². The number of benzene rings is 1. The van der Waals surface area contributed by atoms with Crippen molar-refractivity contribution >= 4 is 29.3 Å². The molecule has 0 radical (unpaired) electrons. The van der Waals surface area contributed by atoms with Crippen LogP contribution in [0.4, 0.5) is 11.4 Å². The third-order valence-electron chi connectivity index (χ3n) is 3.40. The van der Waals surface area contributed by atoms with Crippen LogP contribution in [0.5, 0.6) is 5.75 Å². The summed E-state index contributed by atoms with van der Waals surface area (Å²) in [6.45, 7) is 0. The van der Waals surface area contributed by atoms with E-state index in [2.05, 4.69) is 10.6 Å². The molecule has 0 fully saturated rings. The van der Waals surface area contributed by atoms with Crippen molar-refractivity contribution in [3.05, 3.63) is 72.6 Å². The molecule has 7 heteroatoms. The van der Waals surface area contributed by atoms with Gasteiger partial charge in [0.1, 0.15) is 11.5 Å². The number of hydrogen-bond acceptors (Lipinski definition) is 5. The van der Waals surface area contributed by atoms with Crippen LogP contribution in [-0.2, 0) is 4.79 Å². The standard InChI is InChI=1S/C19H16N2O5/c1-24-17-12-13(20-18(22)9-7-14-4-2-10-25-14)6-8-15(17)21-19(23)16-5-3-11-26-16/h2-12H,1H3,(H,20,22)(H,21,23)/b9-7+. The van der Waals surface area contributed by atoms with Crippen LogP contribution in [0, 0.1) is 0 Å². The van der Waals surface area contributed by atoms with E-state index in [-0.39, 0.29) is 11.7 Å². The lowest BCUT2D eigenvalue weighted by Crippen LogP contribution is -2.12. The maximum absolute atomic E-state index is 12.1. The van der Waals surface area contributed by atoms with Gasteiger partial charge in [0, 0.05) is 17.8 Å². The summed E-state index contributed by atoms with van der Waals surface area (Å²) >= 11 is 0. The molecule has 0 saturated carbocycles. The van der Waals surface area contributed by atoms with Crippen LogP contribution < -0.4 is 15.4 Å². The van der Waals surface area contributed by atoms with Gasteiger partial charge in [-0.2, -0.15) is 0 Å². The zero-order valence-electron chi connectivity index (χ0n) is 13.9. The van der Waals surface area contributed by atoms with Crippen molar-refractivity contribution in [2.45, 2.75) is 0 Å². The molecular weight excluding hydrogens is 336 g/mol. The summed E-state index contributed by atoms with van der Waals surface area (Å²) in [6.07, 6.45) is 5.86. The van der Waals surface area contributed by atoms with Gasteiger partial charge in [0.05, 0.1) is 25.3 Å². The van der Waals surface area contributed by atoms with Crippen molar-refractivity contribution < 1.29 is 23.2 Å². The van der Waals surface area contributed by atoms with E-state index in [4.69, 9.17) is 13.6 Å². The van der Waals surface area contributed by atoms with Crippen molar-refractivity contribution in [3.8, 4) is 5.75 Å². The summed E-state index contributed by atoms with van der Waals surface area (Å²) in [6, 6.07) is 11.5. The molecule has 2 amide bonds. The number of carbonyl (C=O) groups excluding carboxylic acids is 2. The van der Waals surface area contributed by atoms with E-state index in [1.807, 2.05) is 0 Å². The SMILES string of the molecule is COc1cc(NC(=O)/C=C/c2ccco2)ccc1NC(=O)c1ccco1. The minimum Gasteiger partial charge on any atom is -0.494 e. The zero-order chi connectivity index (χ0) is 18.4. The molecule has 2 N–H and O–H groups in total. The molecule has 2 aromatic heterocycles. The van der Waals surface area contributed by atoms with Crippen LogP contribution in [0.1, 0.15) is 16.3 Å². The first-order chi connectivity index (χ1) is 12.7. The van der Waals surface area contributed by atoms with Crippen molar-refractivity contribution in [2.24, 2.45) is 0 Å². The fourth-order valence-electron chi connectivity index (χ4n) is 2.19. The maximum Gasteiger partial charge on any atom is 0.291 e. The smallest absolute Gasteiger partial charge is 0.291 e. The highest BCUT2D eigenvalue weighted by molar-refractivity contribution is 6.04. The number of anilines is 2. The first kappa shape index (κ1) is 17.1. The molecule has 0 aliphatic carbocycles. The zero-order valence-corrected chi connectivity index (χ0v) is 13.9. The molecule has 132 valence electrons. The molecule has 0 atom stereocenters. The maximum atomic E-state index is 12.1. The van der Waals surface area contributed by atoms with E-state index in [1.54, 1.807) is 48.5 Å². The lowest BCUT2D eigenvalue weighted by atomic mass is 10.2. The van der Waals surface area contributed by atoms with Crippen molar-refractivity contribution in [1.29, 1.82) is 0 Å². The Morgan fingerprint density at radius 1 is 1.04 bits per heavy atom. The Bertz CT molecular complexity index is 912. The van der Waals surface area contributed by atoms with Crippen LogP contribution in [0.25, 0.3) is 6.08 Å². The molecule has 0 aliphatic rings. The molecule has 0 spiro atoms. The molecule has 0 unspecified atom stereocenters. The van der Waals surface area contributed by atoms with Crippen LogP contribution >= 0.6 is 0 Å². The van der Waals surface area contributed by atoms with Crippen LogP contribution in [-0.4, -0.2) is 18.9 Å². The largest absolute Gasteiger partial charge is 0.494 e. The summed E-state index contributed by atoms with van der Waals surface area (Å²) in [5, 5.41) is 5.40. The van der Waals surface area contributed by atoms with Gasteiger partial charge in [-0.25, -0.2) is 0 Å². The molecule has 26 heavy (non-hydrogen) atoms. The van der Waals surface area contributed by atoms with Gasteiger partial charge in [-0.05, 0) is 42.5 Å². The molecule has 7 nitrogen and oxygen atoms in total. The predicted octanol–water partition coefficient (Wildman–Crippen LogP) is 3.79. The van der Waals surface area contributed by atoms with E-state index >= 15 is 0 Å². The quantitative estimate of drug-likeness (QED) is 0.658. The van der Waals surface area contributed by atoms with E-state index < -0.39 is 5.91 Å². The fourth-order valence-corrected chi connectivity index (χ4v) is 2.19. The van der Waals surface area contributed by atoms with Gasteiger partial charge >= 0.3 is 0 Å². The van der Waals surface area contributed by atoms with Gasteiger partial charge in [0.25, 0.3) is 5.91 Å². The Morgan fingerprint density at radius 2 is 1.85 bits per heavy atom. The number of nitrogens with one attached hydrogen (secondary N) is 2. The lowest BCUT2D eigenvalue weighted by Gasteiger charge is -2.11. The molecule has 0 aliphatic heterocycles. The highest BCUT2D eigenvalue weighted by Crippen LogP contribution is 2.28. The number of carbonyl (C=O) groups is 2. The average molecular weight is 352 g/mol. The first-order valence-electron chi connectivity index (χ1n) is 7.71. The minimum atomic E-state index is -0.397. The second-order valence-corrected chi connectivity index (χ2v) is 5.18. The van der Waals surface area contributed by atoms with Gasteiger partial charge in [0.2, 0.25) is 5.91 Å². The van der Waals surface area contributed by atoms with Gasteiger partial charge in [-0.15, -0.1) is 0 Å². The first-order valence-corrected chi connectivity index (χ1v) is 7.71. The van der Waals surface area contributed by atoms with E-state index in [0.717, 1.165) is 0 Å². The molecule has 3 aromatic rings. The number of rotatable bonds is 6. The summed E-state index contributed by atoms with van der Waals surface area (Å²) in [4.78, 5) is 24.0. The third kappa shape index (κ3) is 4.21. The highest BCUT2D eigenvalue weighted by Gasteiger charge is 2.12. The Kier molecular flexibility index (Phi) is 5.19.